The third-order valence-electron chi connectivity index (χ3n) is 5.13. The van der Waals surface area contributed by atoms with E-state index < -0.39 is 0 Å². The van der Waals surface area contributed by atoms with Gasteiger partial charge in [-0.05, 0) is 55.2 Å². The minimum absolute atomic E-state index is 0.00287. The van der Waals surface area contributed by atoms with E-state index in [-0.39, 0.29) is 18.4 Å². The van der Waals surface area contributed by atoms with E-state index in [0.29, 0.717) is 58.4 Å². The van der Waals surface area contributed by atoms with Crippen LogP contribution in [0.3, 0.4) is 0 Å². The lowest BCUT2D eigenvalue weighted by Crippen LogP contribution is -2.39. The Morgan fingerprint density at radius 1 is 1.17 bits per heavy atom. The van der Waals surface area contributed by atoms with E-state index in [1.165, 1.54) is 0 Å². The fraction of sp³-hybridized carbons (Fsp3) is 0.333. The van der Waals surface area contributed by atoms with Crippen molar-refractivity contribution in [1.29, 1.82) is 0 Å². The van der Waals surface area contributed by atoms with Crippen molar-refractivity contribution in [3.63, 3.8) is 0 Å². The molecule has 1 saturated heterocycles. The number of likely N-dealkylation sites (tertiary alicyclic amines) is 1. The summed E-state index contributed by atoms with van der Waals surface area (Å²) in [6.45, 7) is 1.85. The minimum Gasteiger partial charge on any atom is -0.492 e. The van der Waals surface area contributed by atoms with Crippen LogP contribution < -0.4 is 14.8 Å². The maximum Gasteiger partial charge on any atom is 0.262 e. The van der Waals surface area contributed by atoms with Crippen LogP contribution >= 0.6 is 23.2 Å². The summed E-state index contributed by atoms with van der Waals surface area (Å²) in [7, 11) is 0. The van der Waals surface area contributed by atoms with Gasteiger partial charge in [-0.2, -0.15) is 0 Å². The van der Waals surface area contributed by atoms with E-state index in [9.17, 15) is 9.59 Å². The third kappa shape index (κ3) is 4.60. The van der Waals surface area contributed by atoms with Crippen LogP contribution in [0.15, 0.2) is 36.4 Å². The van der Waals surface area contributed by atoms with E-state index >= 15 is 0 Å². The van der Waals surface area contributed by atoms with Crippen molar-refractivity contribution in [3.05, 3.63) is 52.0 Å². The molecule has 2 aromatic rings. The van der Waals surface area contributed by atoms with E-state index in [0.717, 1.165) is 12.8 Å². The lowest BCUT2D eigenvalue weighted by molar-refractivity contribution is -0.118. The number of nitrogens with zero attached hydrogens (tertiary/aromatic N) is 1. The highest BCUT2D eigenvalue weighted by atomic mass is 35.5. The predicted molar refractivity (Wildman–Crippen MR) is 111 cm³/mol. The smallest absolute Gasteiger partial charge is 0.262 e. The molecule has 2 aliphatic heterocycles. The molecular formula is C21H20Cl2N2O4. The number of halogens is 2. The van der Waals surface area contributed by atoms with Crippen molar-refractivity contribution in [2.24, 2.45) is 5.92 Å². The first-order valence-electron chi connectivity index (χ1n) is 9.43. The van der Waals surface area contributed by atoms with Crippen LogP contribution in [0.2, 0.25) is 10.0 Å². The number of anilines is 1. The number of hydrogen-bond acceptors (Lipinski definition) is 4. The monoisotopic (exact) mass is 434 g/mol. The second-order valence-corrected chi connectivity index (χ2v) is 8.01. The SMILES string of the molecule is O=C1COc2ccc(C(=O)N3CCC(COc4ccc(Cl)cc4Cl)CC3)cc2N1. The van der Waals surface area contributed by atoms with Crippen molar-refractivity contribution < 1.29 is 19.1 Å². The number of carbonyl (C=O) groups is 2. The normalized spacial score (nSPS) is 16.6. The van der Waals surface area contributed by atoms with Gasteiger partial charge in [0, 0.05) is 23.7 Å². The largest absolute Gasteiger partial charge is 0.492 e. The molecule has 1 fully saturated rings. The van der Waals surface area contributed by atoms with Gasteiger partial charge < -0.3 is 19.7 Å². The minimum atomic E-state index is -0.219. The van der Waals surface area contributed by atoms with Gasteiger partial charge >= 0.3 is 0 Å². The summed E-state index contributed by atoms with van der Waals surface area (Å²) in [5.74, 6) is 1.28. The topological polar surface area (TPSA) is 67.9 Å². The molecule has 2 heterocycles. The number of fused-ring (bicyclic) bond motifs is 1. The van der Waals surface area contributed by atoms with Crippen LogP contribution in [-0.4, -0.2) is 43.0 Å². The highest BCUT2D eigenvalue weighted by Gasteiger charge is 2.25. The average molecular weight is 435 g/mol. The van der Waals surface area contributed by atoms with Gasteiger partial charge in [-0.3, -0.25) is 9.59 Å². The molecule has 1 N–H and O–H groups in total. The summed E-state index contributed by atoms with van der Waals surface area (Å²) < 4.78 is 11.2. The molecule has 0 atom stereocenters. The molecule has 2 amide bonds. The molecule has 0 saturated carbocycles. The van der Waals surface area contributed by atoms with Crippen molar-refractivity contribution in [3.8, 4) is 11.5 Å². The third-order valence-corrected chi connectivity index (χ3v) is 5.66. The molecule has 29 heavy (non-hydrogen) atoms. The van der Waals surface area contributed by atoms with Crippen molar-refractivity contribution in [1.82, 2.24) is 4.90 Å². The Hall–Kier alpha value is -2.44. The van der Waals surface area contributed by atoms with Gasteiger partial charge in [0.15, 0.2) is 6.61 Å². The summed E-state index contributed by atoms with van der Waals surface area (Å²) in [5, 5.41) is 3.80. The standard InChI is InChI=1S/C21H20Cl2N2O4/c22-15-2-4-18(16(23)10-15)28-11-13-5-7-25(8-6-13)21(27)14-1-3-19-17(9-14)24-20(26)12-29-19/h1-4,9-10,13H,5-8,11-12H2,(H,24,26). The number of ether oxygens (including phenoxy) is 2. The lowest BCUT2D eigenvalue weighted by Gasteiger charge is -2.32. The number of hydrogen-bond donors (Lipinski definition) is 1. The molecule has 8 heteroatoms. The van der Waals surface area contributed by atoms with E-state index in [2.05, 4.69) is 5.32 Å². The molecule has 0 bridgehead atoms. The number of nitrogens with one attached hydrogen (secondary N) is 1. The summed E-state index contributed by atoms with van der Waals surface area (Å²) in [6.07, 6.45) is 1.70. The zero-order valence-corrected chi connectivity index (χ0v) is 17.1. The first kappa shape index (κ1) is 19.9. The van der Waals surface area contributed by atoms with Crippen LogP contribution in [0, 0.1) is 5.92 Å². The van der Waals surface area contributed by atoms with Crippen LogP contribution in [-0.2, 0) is 4.79 Å². The van der Waals surface area contributed by atoms with Gasteiger partial charge in [0.1, 0.15) is 11.5 Å². The molecule has 6 nitrogen and oxygen atoms in total. The fourth-order valence-corrected chi connectivity index (χ4v) is 3.96. The van der Waals surface area contributed by atoms with Crippen LogP contribution in [0.25, 0.3) is 0 Å². The van der Waals surface area contributed by atoms with E-state index in [1.807, 2.05) is 4.90 Å². The van der Waals surface area contributed by atoms with Crippen LogP contribution in [0.4, 0.5) is 5.69 Å². The van der Waals surface area contributed by atoms with Gasteiger partial charge in [0.05, 0.1) is 17.3 Å². The molecule has 152 valence electrons. The van der Waals surface area contributed by atoms with Gasteiger partial charge in [-0.25, -0.2) is 0 Å². The Kier molecular flexibility index (Phi) is 5.83. The maximum absolute atomic E-state index is 12.8. The summed E-state index contributed by atoms with van der Waals surface area (Å²) in [4.78, 5) is 26.2. The summed E-state index contributed by atoms with van der Waals surface area (Å²) >= 11 is 12.0. The summed E-state index contributed by atoms with van der Waals surface area (Å²) in [6, 6.07) is 10.3. The molecular weight excluding hydrogens is 415 g/mol. The highest BCUT2D eigenvalue weighted by Crippen LogP contribution is 2.31. The Morgan fingerprint density at radius 2 is 1.97 bits per heavy atom. The number of carbonyl (C=O) groups excluding carboxylic acids is 2. The van der Waals surface area contributed by atoms with Gasteiger partial charge in [-0.1, -0.05) is 23.2 Å². The first-order valence-corrected chi connectivity index (χ1v) is 10.2. The lowest BCUT2D eigenvalue weighted by atomic mass is 9.97. The number of amides is 2. The van der Waals surface area contributed by atoms with Crippen LogP contribution in [0.5, 0.6) is 11.5 Å². The van der Waals surface area contributed by atoms with Crippen molar-refractivity contribution in [2.75, 3.05) is 31.6 Å². The number of benzene rings is 2. The number of piperidine rings is 1. The first-order chi connectivity index (χ1) is 14.0. The second-order valence-electron chi connectivity index (χ2n) is 7.17. The van der Waals surface area contributed by atoms with Crippen molar-refractivity contribution in [2.45, 2.75) is 12.8 Å². The average Bonchev–Trinajstić information content (AvgIpc) is 2.72. The molecule has 0 aliphatic carbocycles. The Labute approximate surface area is 178 Å². The van der Waals surface area contributed by atoms with Crippen LogP contribution in [0.1, 0.15) is 23.2 Å². The Morgan fingerprint density at radius 3 is 2.72 bits per heavy atom. The maximum atomic E-state index is 12.8. The Balaban J connectivity index is 1.32. The zero-order chi connectivity index (χ0) is 20.4. The molecule has 0 unspecified atom stereocenters. The van der Waals surface area contributed by atoms with E-state index in [1.54, 1.807) is 36.4 Å². The Bertz CT molecular complexity index is 942. The fourth-order valence-electron chi connectivity index (χ4n) is 3.50. The van der Waals surface area contributed by atoms with Crippen molar-refractivity contribution >= 4 is 40.7 Å². The second kappa shape index (κ2) is 8.51. The molecule has 0 radical (unpaired) electrons. The van der Waals surface area contributed by atoms with Gasteiger partial charge in [0.25, 0.3) is 11.8 Å². The zero-order valence-electron chi connectivity index (χ0n) is 15.6. The highest BCUT2D eigenvalue weighted by molar-refractivity contribution is 6.35. The molecule has 0 spiro atoms. The molecule has 4 rings (SSSR count). The van der Waals surface area contributed by atoms with Gasteiger partial charge in [0.2, 0.25) is 0 Å². The molecule has 0 aromatic heterocycles. The predicted octanol–water partition coefficient (Wildman–Crippen LogP) is 4.26. The number of rotatable bonds is 4. The van der Waals surface area contributed by atoms with Gasteiger partial charge in [-0.15, -0.1) is 0 Å². The quantitative estimate of drug-likeness (QED) is 0.780. The molecule has 2 aromatic carbocycles. The summed E-state index contributed by atoms with van der Waals surface area (Å²) in [5.41, 5.74) is 1.08. The molecule has 2 aliphatic rings. The van der Waals surface area contributed by atoms with E-state index in [4.69, 9.17) is 32.7 Å².